The Morgan fingerprint density at radius 2 is 1.67 bits per heavy atom. The van der Waals surface area contributed by atoms with Gasteiger partial charge in [-0.3, -0.25) is 11.3 Å². The second-order valence-corrected chi connectivity index (χ2v) is 5.08. The second kappa shape index (κ2) is 7.76. The van der Waals surface area contributed by atoms with Gasteiger partial charge >= 0.3 is 0 Å². The van der Waals surface area contributed by atoms with Gasteiger partial charge in [-0.25, -0.2) is 4.39 Å². The summed E-state index contributed by atoms with van der Waals surface area (Å²) in [6.07, 6.45) is 2.63. The number of rotatable bonds is 7. The first-order valence-corrected chi connectivity index (χ1v) is 7.05. The molecular weight excluding hydrogens is 267 g/mol. The Kier molecular flexibility index (Phi) is 5.72. The third-order valence-corrected chi connectivity index (χ3v) is 3.57. The maximum Gasteiger partial charge on any atom is 0.123 e. The Balaban J connectivity index is 1.88. The Bertz CT molecular complexity index is 540. The molecule has 4 heteroatoms. The average molecular weight is 288 g/mol. The molecule has 0 aliphatic rings. The third kappa shape index (κ3) is 4.85. The summed E-state index contributed by atoms with van der Waals surface area (Å²) in [6.45, 7) is 0. The fraction of sp³-hybridized carbons (Fsp3) is 0.294. The Hall–Kier alpha value is -1.91. The smallest absolute Gasteiger partial charge is 0.123 e. The number of nitrogens with one attached hydrogen (secondary N) is 1. The van der Waals surface area contributed by atoms with E-state index in [2.05, 4.69) is 17.6 Å². The van der Waals surface area contributed by atoms with Crippen molar-refractivity contribution >= 4 is 0 Å². The van der Waals surface area contributed by atoms with Crippen molar-refractivity contribution in [2.45, 2.75) is 25.3 Å². The van der Waals surface area contributed by atoms with Crippen LogP contribution in [0.25, 0.3) is 0 Å². The van der Waals surface area contributed by atoms with Crippen LogP contribution in [0.3, 0.4) is 0 Å². The average Bonchev–Trinajstić information content (AvgIpc) is 2.53. The normalized spacial score (nSPS) is 12.1. The van der Waals surface area contributed by atoms with Crippen LogP contribution in [-0.4, -0.2) is 13.2 Å². The molecule has 1 atom stereocenters. The summed E-state index contributed by atoms with van der Waals surface area (Å²) in [5.41, 5.74) is 5.16. The van der Waals surface area contributed by atoms with Crippen molar-refractivity contribution in [3.8, 4) is 5.75 Å². The highest BCUT2D eigenvalue weighted by atomic mass is 19.1. The minimum absolute atomic E-state index is 0.164. The Morgan fingerprint density at radius 3 is 2.24 bits per heavy atom. The number of ether oxygens (including phenoxy) is 1. The lowest BCUT2D eigenvalue weighted by atomic mass is 9.99. The van der Waals surface area contributed by atoms with Gasteiger partial charge in [-0.05, 0) is 54.7 Å². The van der Waals surface area contributed by atoms with Crippen LogP contribution in [0.2, 0.25) is 0 Å². The molecule has 1 unspecified atom stereocenters. The molecule has 112 valence electrons. The highest BCUT2D eigenvalue weighted by Crippen LogP contribution is 2.14. The molecule has 0 radical (unpaired) electrons. The predicted molar refractivity (Wildman–Crippen MR) is 82.5 cm³/mol. The number of methoxy groups -OCH3 is 1. The van der Waals surface area contributed by atoms with Gasteiger partial charge < -0.3 is 4.74 Å². The highest BCUT2D eigenvalue weighted by molar-refractivity contribution is 5.27. The molecule has 0 aromatic heterocycles. The van der Waals surface area contributed by atoms with E-state index in [0.29, 0.717) is 0 Å². The van der Waals surface area contributed by atoms with E-state index in [-0.39, 0.29) is 11.9 Å². The summed E-state index contributed by atoms with van der Waals surface area (Å²) >= 11 is 0. The fourth-order valence-corrected chi connectivity index (χ4v) is 2.28. The van der Waals surface area contributed by atoms with Crippen molar-refractivity contribution in [2.24, 2.45) is 5.84 Å². The molecule has 0 saturated carbocycles. The van der Waals surface area contributed by atoms with Crippen molar-refractivity contribution < 1.29 is 9.13 Å². The first kappa shape index (κ1) is 15.5. The second-order valence-electron chi connectivity index (χ2n) is 5.08. The predicted octanol–water partition coefficient (Wildman–Crippen LogP) is 2.84. The molecule has 0 bridgehead atoms. The van der Waals surface area contributed by atoms with Crippen LogP contribution in [0.5, 0.6) is 5.75 Å². The number of benzene rings is 2. The zero-order chi connectivity index (χ0) is 15.1. The SMILES string of the molecule is COc1ccc(CCC(Cc2ccc(F)cc2)NN)cc1. The number of hydrogen-bond donors (Lipinski definition) is 2. The molecule has 2 aromatic rings. The van der Waals surface area contributed by atoms with Gasteiger partial charge in [0.15, 0.2) is 0 Å². The van der Waals surface area contributed by atoms with Gasteiger partial charge in [-0.1, -0.05) is 24.3 Å². The van der Waals surface area contributed by atoms with E-state index in [0.717, 1.165) is 30.6 Å². The summed E-state index contributed by atoms with van der Waals surface area (Å²) in [5.74, 6) is 6.26. The topological polar surface area (TPSA) is 47.3 Å². The zero-order valence-electron chi connectivity index (χ0n) is 12.2. The molecule has 0 spiro atoms. The monoisotopic (exact) mass is 288 g/mol. The lowest BCUT2D eigenvalue weighted by Crippen LogP contribution is -2.37. The van der Waals surface area contributed by atoms with E-state index in [1.807, 2.05) is 12.1 Å². The number of nitrogens with two attached hydrogens (primary N) is 1. The van der Waals surface area contributed by atoms with Gasteiger partial charge in [0.25, 0.3) is 0 Å². The summed E-state index contributed by atoms with van der Waals surface area (Å²) in [4.78, 5) is 0. The number of hydrazine groups is 1. The van der Waals surface area contributed by atoms with Crippen LogP contribution in [0, 0.1) is 5.82 Å². The molecule has 0 aliphatic heterocycles. The zero-order valence-corrected chi connectivity index (χ0v) is 12.2. The molecule has 21 heavy (non-hydrogen) atoms. The summed E-state index contributed by atoms with van der Waals surface area (Å²) in [6, 6.07) is 14.8. The summed E-state index contributed by atoms with van der Waals surface area (Å²) in [7, 11) is 1.66. The largest absolute Gasteiger partial charge is 0.497 e. The van der Waals surface area contributed by atoms with Crippen molar-refractivity contribution in [3.05, 3.63) is 65.5 Å². The van der Waals surface area contributed by atoms with E-state index >= 15 is 0 Å². The molecule has 2 aromatic carbocycles. The lowest BCUT2D eigenvalue weighted by molar-refractivity contribution is 0.414. The van der Waals surface area contributed by atoms with Crippen molar-refractivity contribution in [1.82, 2.24) is 5.43 Å². The summed E-state index contributed by atoms with van der Waals surface area (Å²) < 4.78 is 18.0. The minimum atomic E-state index is -0.214. The fourth-order valence-electron chi connectivity index (χ4n) is 2.28. The van der Waals surface area contributed by atoms with Gasteiger partial charge in [-0.2, -0.15) is 0 Å². The molecule has 0 fully saturated rings. The maximum atomic E-state index is 12.9. The van der Waals surface area contributed by atoms with E-state index in [1.165, 1.54) is 17.7 Å². The Morgan fingerprint density at radius 1 is 1.05 bits per heavy atom. The molecule has 3 nitrogen and oxygen atoms in total. The van der Waals surface area contributed by atoms with E-state index in [1.54, 1.807) is 19.2 Å². The van der Waals surface area contributed by atoms with Crippen molar-refractivity contribution in [1.29, 1.82) is 0 Å². The minimum Gasteiger partial charge on any atom is -0.497 e. The van der Waals surface area contributed by atoms with Crippen LogP contribution < -0.4 is 16.0 Å². The van der Waals surface area contributed by atoms with Gasteiger partial charge in [0.1, 0.15) is 11.6 Å². The Labute approximate surface area is 124 Å². The molecule has 3 N–H and O–H groups in total. The van der Waals surface area contributed by atoms with Gasteiger partial charge in [0.05, 0.1) is 7.11 Å². The van der Waals surface area contributed by atoms with Crippen LogP contribution in [0.15, 0.2) is 48.5 Å². The van der Waals surface area contributed by atoms with Crippen molar-refractivity contribution in [3.63, 3.8) is 0 Å². The maximum absolute atomic E-state index is 12.9. The quantitative estimate of drug-likeness (QED) is 0.608. The van der Waals surface area contributed by atoms with Crippen LogP contribution in [0.4, 0.5) is 4.39 Å². The van der Waals surface area contributed by atoms with E-state index in [9.17, 15) is 4.39 Å². The third-order valence-electron chi connectivity index (χ3n) is 3.57. The standard InChI is InChI=1S/C17H21FN2O/c1-21-17-10-5-13(6-11-17)4-9-16(20-19)12-14-2-7-15(18)8-3-14/h2-3,5-8,10-11,16,20H,4,9,12,19H2,1H3. The molecule has 0 saturated heterocycles. The molecule has 2 rings (SSSR count). The molecular formula is C17H21FN2O. The number of halogens is 1. The summed E-state index contributed by atoms with van der Waals surface area (Å²) in [5, 5.41) is 0. The molecule has 0 amide bonds. The van der Waals surface area contributed by atoms with Gasteiger partial charge in [0.2, 0.25) is 0 Å². The van der Waals surface area contributed by atoms with Crippen LogP contribution in [0.1, 0.15) is 17.5 Å². The molecule has 0 heterocycles. The van der Waals surface area contributed by atoms with Crippen LogP contribution in [-0.2, 0) is 12.8 Å². The highest BCUT2D eigenvalue weighted by Gasteiger charge is 2.08. The van der Waals surface area contributed by atoms with Crippen LogP contribution >= 0.6 is 0 Å². The lowest BCUT2D eigenvalue weighted by Gasteiger charge is -2.16. The number of aryl methyl sites for hydroxylation is 1. The first-order valence-electron chi connectivity index (χ1n) is 7.05. The first-order chi connectivity index (χ1) is 10.2. The van der Waals surface area contributed by atoms with Gasteiger partial charge in [-0.15, -0.1) is 0 Å². The number of hydrogen-bond acceptors (Lipinski definition) is 3. The molecule has 0 aliphatic carbocycles. The van der Waals surface area contributed by atoms with Gasteiger partial charge in [0, 0.05) is 6.04 Å². The van der Waals surface area contributed by atoms with E-state index < -0.39 is 0 Å². The van der Waals surface area contributed by atoms with Crippen molar-refractivity contribution in [2.75, 3.05) is 7.11 Å². The van der Waals surface area contributed by atoms with E-state index in [4.69, 9.17) is 10.6 Å².